The van der Waals surface area contributed by atoms with Crippen LogP contribution in [0.3, 0.4) is 0 Å². The fourth-order valence-corrected chi connectivity index (χ4v) is 4.17. The number of nitrogens with zero attached hydrogens (tertiary/aromatic N) is 2. The highest BCUT2D eigenvalue weighted by atomic mass is 16.5. The van der Waals surface area contributed by atoms with Gasteiger partial charge in [0, 0.05) is 37.6 Å². The van der Waals surface area contributed by atoms with E-state index in [9.17, 15) is 9.59 Å². The number of ether oxygens (including phenoxy) is 2. The van der Waals surface area contributed by atoms with E-state index in [1.165, 1.54) is 0 Å². The van der Waals surface area contributed by atoms with Gasteiger partial charge in [0.1, 0.15) is 17.6 Å². The number of hydrogen-bond donors (Lipinski definition) is 1. The summed E-state index contributed by atoms with van der Waals surface area (Å²) in [5.41, 5.74) is 3.36. The molecule has 1 aromatic heterocycles. The van der Waals surface area contributed by atoms with E-state index in [0.29, 0.717) is 31.1 Å². The molecule has 3 aromatic rings. The highest BCUT2D eigenvalue weighted by molar-refractivity contribution is 5.93. The lowest BCUT2D eigenvalue weighted by atomic mass is 10.1. The van der Waals surface area contributed by atoms with Crippen molar-refractivity contribution in [1.29, 1.82) is 0 Å². The van der Waals surface area contributed by atoms with Crippen LogP contribution in [0.5, 0.6) is 11.5 Å². The van der Waals surface area contributed by atoms with E-state index in [4.69, 9.17) is 9.47 Å². The van der Waals surface area contributed by atoms with Crippen LogP contribution in [-0.2, 0) is 24.3 Å². The summed E-state index contributed by atoms with van der Waals surface area (Å²) in [7, 11) is 0. The topological polar surface area (TPSA) is 74.5 Å². The smallest absolute Gasteiger partial charge is 0.329 e. The molecule has 0 spiro atoms. The number of nitrogens with one attached hydrogen (secondary N) is 1. The normalized spacial score (nSPS) is 15.0. The van der Waals surface area contributed by atoms with Gasteiger partial charge in [0.2, 0.25) is 5.91 Å². The monoisotopic (exact) mass is 423 g/mol. The summed E-state index contributed by atoms with van der Waals surface area (Å²) in [6, 6.07) is 11.5. The lowest BCUT2D eigenvalue weighted by Crippen LogP contribution is -2.26. The highest BCUT2D eigenvalue weighted by Gasteiger charge is 2.23. The number of anilines is 1. The minimum atomic E-state index is -0.175. The minimum Gasteiger partial charge on any atom is -0.492 e. The Bertz CT molecular complexity index is 1160. The summed E-state index contributed by atoms with van der Waals surface area (Å²) in [6.07, 6.45) is 1.99. The molecule has 7 heteroatoms. The molecule has 0 radical (unpaired) electrons. The number of aryl methyl sites for hydroxylation is 2. The molecule has 0 bridgehead atoms. The van der Waals surface area contributed by atoms with Crippen molar-refractivity contribution in [1.82, 2.24) is 9.13 Å². The van der Waals surface area contributed by atoms with Crippen LogP contribution >= 0.6 is 0 Å². The molecule has 1 atom stereocenters. The van der Waals surface area contributed by atoms with Crippen LogP contribution in [0.1, 0.15) is 39.2 Å². The second-order valence-electron chi connectivity index (χ2n) is 7.89. The third kappa shape index (κ3) is 4.17. The first kappa shape index (κ1) is 21.0. The zero-order valence-electron chi connectivity index (χ0n) is 18.3. The molecule has 31 heavy (non-hydrogen) atoms. The summed E-state index contributed by atoms with van der Waals surface area (Å²) in [6.45, 7) is 7.45. The number of para-hydroxylation sites is 2. The third-order valence-corrected chi connectivity index (χ3v) is 5.51. The number of carbonyl (C=O) groups excluding carboxylic acids is 1. The third-order valence-electron chi connectivity index (χ3n) is 5.51. The van der Waals surface area contributed by atoms with Gasteiger partial charge in [-0.2, -0.15) is 0 Å². The van der Waals surface area contributed by atoms with Crippen molar-refractivity contribution < 1.29 is 14.3 Å². The van der Waals surface area contributed by atoms with Gasteiger partial charge < -0.3 is 14.8 Å². The molecule has 0 fully saturated rings. The van der Waals surface area contributed by atoms with Gasteiger partial charge in [0.25, 0.3) is 0 Å². The van der Waals surface area contributed by atoms with E-state index < -0.39 is 0 Å². The van der Waals surface area contributed by atoms with Gasteiger partial charge in [-0.05, 0) is 38.5 Å². The maximum Gasteiger partial charge on any atom is 0.329 e. The summed E-state index contributed by atoms with van der Waals surface area (Å²) >= 11 is 0. The largest absolute Gasteiger partial charge is 0.492 e. The first-order valence-electron chi connectivity index (χ1n) is 11.0. The van der Waals surface area contributed by atoms with Crippen LogP contribution in [-0.4, -0.2) is 27.8 Å². The average molecular weight is 424 g/mol. The van der Waals surface area contributed by atoms with Crippen LogP contribution in [0.15, 0.2) is 41.2 Å². The molecule has 164 valence electrons. The van der Waals surface area contributed by atoms with Crippen LogP contribution < -0.4 is 20.5 Å². The Hall–Kier alpha value is -3.22. The maximum absolute atomic E-state index is 12.9. The summed E-state index contributed by atoms with van der Waals surface area (Å²) in [4.78, 5) is 25.7. The Morgan fingerprint density at radius 2 is 1.87 bits per heavy atom. The number of hydrogen-bond acceptors (Lipinski definition) is 4. The fraction of sp³-hybridized carbons (Fsp3) is 0.417. The summed E-state index contributed by atoms with van der Waals surface area (Å²) < 4.78 is 15.0. The van der Waals surface area contributed by atoms with E-state index in [2.05, 4.69) is 5.32 Å². The van der Waals surface area contributed by atoms with Gasteiger partial charge in [-0.3, -0.25) is 13.9 Å². The Kier molecular flexibility index (Phi) is 6.02. The van der Waals surface area contributed by atoms with E-state index in [0.717, 1.165) is 35.2 Å². The number of benzene rings is 2. The van der Waals surface area contributed by atoms with Crippen molar-refractivity contribution >= 4 is 22.6 Å². The predicted octanol–water partition coefficient (Wildman–Crippen LogP) is 3.96. The molecule has 4 rings (SSSR count). The summed E-state index contributed by atoms with van der Waals surface area (Å²) in [5.74, 6) is 1.25. The Balaban J connectivity index is 1.53. The van der Waals surface area contributed by atoms with E-state index in [1.54, 1.807) is 9.13 Å². The van der Waals surface area contributed by atoms with Crippen LogP contribution in [0, 0.1) is 0 Å². The molecule has 7 nitrogen and oxygen atoms in total. The molecule has 1 amide bonds. The lowest BCUT2D eigenvalue weighted by molar-refractivity contribution is -0.116. The number of carbonyl (C=O) groups is 1. The predicted molar refractivity (Wildman–Crippen MR) is 121 cm³/mol. The molecule has 1 aliphatic rings. The van der Waals surface area contributed by atoms with Crippen molar-refractivity contribution in [3.63, 3.8) is 0 Å². The van der Waals surface area contributed by atoms with E-state index in [1.807, 2.05) is 57.2 Å². The van der Waals surface area contributed by atoms with Crippen molar-refractivity contribution in [2.75, 3.05) is 11.9 Å². The zero-order valence-corrected chi connectivity index (χ0v) is 18.3. The van der Waals surface area contributed by atoms with Crippen molar-refractivity contribution in [2.45, 2.75) is 59.2 Å². The molecule has 1 N–H and O–H groups in total. The quantitative estimate of drug-likeness (QED) is 0.595. The molecule has 0 saturated carbocycles. The molecule has 0 saturated heterocycles. The molecule has 0 aliphatic carbocycles. The van der Waals surface area contributed by atoms with E-state index in [-0.39, 0.29) is 24.1 Å². The molecular formula is C24H29N3O4. The second-order valence-corrected chi connectivity index (χ2v) is 7.89. The number of aromatic nitrogens is 2. The van der Waals surface area contributed by atoms with Gasteiger partial charge in [-0.25, -0.2) is 4.79 Å². The van der Waals surface area contributed by atoms with Gasteiger partial charge >= 0.3 is 5.69 Å². The van der Waals surface area contributed by atoms with Gasteiger partial charge in [0.15, 0.2) is 0 Å². The molecule has 1 aliphatic heterocycles. The first-order chi connectivity index (χ1) is 15.0. The summed E-state index contributed by atoms with van der Waals surface area (Å²) in [5, 5.41) is 2.94. The lowest BCUT2D eigenvalue weighted by Gasteiger charge is -2.13. The standard InChI is InChI=1S/C24H29N3O4/c1-4-11-26-19-8-6-7-9-20(19)27(24(26)29)12-10-23(28)25-18-15-21-17(13-16(3)31-21)14-22(18)30-5-2/h6-9,14-16H,4-5,10-13H2,1-3H3,(H,25,28). The van der Waals surface area contributed by atoms with Gasteiger partial charge in [-0.15, -0.1) is 0 Å². The van der Waals surface area contributed by atoms with Crippen LogP contribution in [0.25, 0.3) is 11.0 Å². The van der Waals surface area contributed by atoms with Crippen molar-refractivity contribution in [3.8, 4) is 11.5 Å². The van der Waals surface area contributed by atoms with E-state index >= 15 is 0 Å². The SMILES string of the molecule is CCCn1c(=O)n(CCC(=O)Nc2cc3c(cc2OCC)CC(C)O3)c2ccccc21. The number of fused-ring (bicyclic) bond motifs is 2. The molecular weight excluding hydrogens is 394 g/mol. The molecule has 1 unspecified atom stereocenters. The van der Waals surface area contributed by atoms with Crippen molar-refractivity contribution in [3.05, 3.63) is 52.4 Å². The fourth-order valence-electron chi connectivity index (χ4n) is 4.17. The Labute approximate surface area is 181 Å². The Morgan fingerprint density at radius 3 is 2.55 bits per heavy atom. The first-order valence-corrected chi connectivity index (χ1v) is 11.0. The highest BCUT2D eigenvalue weighted by Crippen LogP contribution is 2.38. The van der Waals surface area contributed by atoms with Gasteiger partial charge in [0.05, 0.1) is 23.3 Å². The van der Waals surface area contributed by atoms with Crippen molar-refractivity contribution in [2.24, 2.45) is 0 Å². The molecule has 2 heterocycles. The minimum absolute atomic E-state index is 0.0780. The number of amides is 1. The maximum atomic E-state index is 12.9. The van der Waals surface area contributed by atoms with Crippen LogP contribution in [0.4, 0.5) is 5.69 Å². The zero-order chi connectivity index (χ0) is 22.0. The second kappa shape index (κ2) is 8.88. The van der Waals surface area contributed by atoms with Gasteiger partial charge in [-0.1, -0.05) is 19.1 Å². The Morgan fingerprint density at radius 1 is 1.16 bits per heavy atom. The molecule has 2 aromatic carbocycles. The number of imidazole rings is 1. The van der Waals surface area contributed by atoms with Crippen LogP contribution in [0.2, 0.25) is 0 Å². The number of rotatable bonds is 8. The average Bonchev–Trinajstić information content (AvgIpc) is 3.23.